The van der Waals surface area contributed by atoms with Gasteiger partial charge in [0.15, 0.2) is 0 Å². The molecule has 0 amide bonds. The highest BCUT2D eigenvalue weighted by Gasteiger charge is 2.04. The molecule has 20 heavy (non-hydrogen) atoms. The minimum absolute atomic E-state index is 0.226. The number of pyridine rings is 1. The van der Waals surface area contributed by atoms with E-state index in [1.807, 2.05) is 30.3 Å². The molecule has 1 N–H and O–H groups in total. The maximum absolute atomic E-state index is 10.8. The van der Waals surface area contributed by atoms with E-state index in [4.69, 9.17) is 9.84 Å². The molecular weight excluding hydrogens is 254 g/mol. The van der Waals surface area contributed by atoms with E-state index in [1.54, 1.807) is 18.2 Å². The van der Waals surface area contributed by atoms with Gasteiger partial charge in [0.1, 0.15) is 5.75 Å². The van der Waals surface area contributed by atoms with Crippen LogP contribution in [-0.2, 0) is 0 Å². The number of para-hydroxylation sites is 1. The number of rotatable bonds is 3. The molecule has 0 aliphatic rings. The lowest BCUT2D eigenvalue weighted by molar-refractivity contribution is 0.0697. The fourth-order valence-corrected chi connectivity index (χ4v) is 1.89. The molecule has 0 saturated heterocycles. The number of hydrogen-bond acceptors (Lipinski definition) is 3. The Hall–Kier alpha value is -2.88. The van der Waals surface area contributed by atoms with Crippen molar-refractivity contribution in [2.75, 3.05) is 0 Å². The van der Waals surface area contributed by atoms with Crippen LogP contribution in [0.5, 0.6) is 11.6 Å². The predicted molar refractivity (Wildman–Crippen MR) is 75.2 cm³/mol. The molecule has 0 fully saturated rings. The van der Waals surface area contributed by atoms with Crippen LogP contribution in [0, 0.1) is 0 Å². The lowest BCUT2D eigenvalue weighted by atomic mass is 10.2. The van der Waals surface area contributed by atoms with Crippen molar-refractivity contribution < 1.29 is 14.6 Å². The number of aromatic carboxylic acids is 1. The van der Waals surface area contributed by atoms with Crippen LogP contribution in [0.1, 0.15) is 10.4 Å². The molecule has 0 bridgehead atoms. The molecular formula is C16H11NO3. The molecule has 0 atom stereocenters. The fraction of sp³-hybridized carbons (Fsp3) is 0. The molecule has 1 heterocycles. The smallest absolute Gasteiger partial charge is 0.335 e. The van der Waals surface area contributed by atoms with E-state index in [0.717, 1.165) is 10.9 Å². The average molecular weight is 265 g/mol. The van der Waals surface area contributed by atoms with Gasteiger partial charge in [0.2, 0.25) is 5.88 Å². The number of ether oxygens (including phenoxy) is 1. The summed E-state index contributed by atoms with van der Waals surface area (Å²) < 4.78 is 5.62. The Bertz CT molecular complexity index is 766. The highest BCUT2D eigenvalue weighted by atomic mass is 16.5. The van der Waals surface area contributed by atoms with Gasteiger partial charge in [-0.15, -0.1) is 0 Å². The van der Waals surface area contributed by atoms with Gasteiger partial charge in [0.25, 0.3) is 0 Å². The molecule has 0 aliphatic carbocycles. The number of nitrogens with zero attached hydrogens (tertiary/aromatic N) is 1. The zero-order valence-corrected chi connectivity index (χ0v) is 10.5. The number of aromatic nitrogens is 1. The van der Waals surface area contributed by atoms with Crippen molar-refractivity contribution in [3.63, 3.8) is 0 Å². The zero-order valence-electron chi connectivity index (χ0n) is 10.5. The Morgan fingerprint density at radius 2 is 1.70 bits per heavy atom. The summed E-state index contributed by atoms with van der Waals surface area (Å²) in [6.07, 6.45) is 0. The van der Waals surface area contributed by atoms with Crippen LogP contribution in [0.4, 0.5) is 0 Å². The molecule has 2 aromatic carbocycles. The summed E-state index contributed by atoms with van der Waals surface area (Å²) >= 11 is 0. The van der Waals surface area contributed by atoms with Crippen molar-refractivity contribution in [3.8, 4) is 11.6 Å². The molecule has 0 spiro atoms. The van der Waals surface area contributed by atoms with Gasteiger partial charge in [0, 0.05) is 11.5 Å². The lowest BCUT2D eigenvalue weighted by Gasteiger charge is -2.06. The van der Waals surface area contributed by atoms with E-state index in [2.05, 4.69) is 4.98 Å². The summed E-state index contributed by atoms with van der Waals surface area (Å²) in [5.74, 6) is 0.0740. The van der Waals surface area contributed by atoms with E-state index in [1.165, 1.54) is 12.1 Å². The molecule has 0 saturated carbocycles. The predicted octanol–water partition coefficient (Wildman–Crippen LogP) is 3.73. The van der Waals surface area contributed by atoms with Crippen LogP contribution in [0.3, 0.4) is 0 Å². The first-order chi connectivity index (χ1) is 9.72. The zero-order chi connectivity index (χ0) is 13.9. The van der Waals surface area contributed by atoms with Gasteiger partial charge < -0.3 is 9.84 Å². The van der Waals surface area contributed by atoms with Crippen LogP contribution in [0.2, 0.25) is 0 Å². The van der Waals surface area contributed by atoms with Gasteiger partial charge in [0.05, 0.1) is 11.1 Å². The summed E-state index contributed by atoms with van der Waals surface area (Å²) in [6.45, 7) is 0. The maximum Gasteiger partial charge on any atom is 0.335 e. The number of fused-ring (bicyclic) bond motifs is 1. The summed E-state index contributed by atoms with van der Waals surface area (Å²) in [6, 6.07) is 17.7. The largest absolute Gasteiger partial charge is 0.478 e. The molecule has 98 valence electrons. The summed E-state index contributed by atoms with van der Waals surface area (Å²) in [5.41, 5.74) is 1.08. The SMILES string of the molecule is O=C(O)c1ccc(Oc2ccc3ccccc3n2)cc1. The monoisotopic (exact) mass is 265 g/mol. The highest BCUT2D eigenvalue weighted by molar-refractivity contribution is 5.87. The molecule has 3 aromatic rings. The van der Waals surface area contributed by atoms with Gasteiger partial charge in [-0.25, -0.2) is 9.78 Å². The average Bonchev–Trinajstić information content (AvgIpc) is 2.48. The quantitative estimate of drug-likeness (QED) is 0.784. The Morgan fingerprint density at radius 3 is 2.45 bits per heavy atom. The molecule has 3 rings (SSSR count). The third-order valence-corrected chi connectivity index (χ3v) is 2.90. The van der Waals surface area contributed by atoms with Gasteiger partial charge >= 0.3 is 5.97 Å². The van der Waals surface area contributed by atoms with Gasteiger partial charge in [-0.05, 0) is 36.4 Å². The van der Waals surface area contributed by atoms with Crippen LogP contribution >= 0.6 is 0 Å². The second kappa shape index (κ2) is 5.01. The van der Waals surface area contributed by atoms with Crippen molar-refractivity contribution in [2.45, 2.75) is 0 Å². The molecule has 1 aromatic heterocycles. The number of carbonyl (C=O) groups is 1. The van der Waals surface area contributed by atoms with E-state index in [-0.39, 0.29) is 5.56 Å². The Labute approximate surface area is 115 Å². The van der Waals surface area contributed by atoms with E-state index in [9.17, 15) is 4.79 Å². The van der Waals surface area contributed by atoms with Gasteiger partial charge in [-0.3, -0.25) is 0 Å². The van der Waals surface area contributed by atoms with E-state index < -0.39 is 5.97 Å². The first-order valence-corrected chi connectivity index (χ1v) is 6.09. The second-order valence-electron chi connectivity index (χ2n) is 4.27. The Kier molecular flexibility index (Phi) is 3.05. The number of carboxylic acids is 1. The summed E-state index contributed by atoms with van der Waals surface area (Å²) in [5, 5.41) is 9.87. The van der Waals surface area contributed by atoms with Crippen molar-refractivity contribution in [1.82, 2.24) is 4.98 Å². The minimum atomic E-state index is -0.958. The number of carboxylic acid groups (broad SMARTS) is 1. The molecule has 0 aliphatic heterocycles. The van der Waals surface area contributed by atoms with Crippen molar-refractivity contribution in [2.24, 2.45) is 0 Å². The molecule has 0 radical (unpaired) electrons. The maximum atomic E-state index is 10.8. The summed E-state index contributed by atoms with van der Waals surface area (Å²) in [4.78, 5) is 15.2. The second-order valence-corrected chi connectivity index (χ2v) is 4.27. The van der Waals surface area contributed by atoms with Crippen LogP contribution in [0.15, 0.2) is 60.7 Å². The third-order valence-electron chi connectivity index (χ3n) is 2.90. The number of hydrogen-bond donors (Lipinski definition) is 1. The Morgan fingerprint density at radius 1 is 0.950 bits per heavy atom. The van der Waals surface area contributed by atoms with Crippen molar-refractivity contribution in [3.05, 3.63) is 66.2 Å². The molecule has 4 heteroatoms. The first-order valence-electron chi connectivity index (χ1n) is 6.09. The van der Waals surface area contributed by atoms with Gasteiger partial charge in [-0.2, -0.15) is 0 Å². The molecule has 0 unspecified atom stereocenters. The van der Waals surface area contributed by atoms with Crippen LogP contribution < -0.4 is 4.74 Å². The minimum Gasteiger partial charge on any atom is -0.478 e. The van der Waals surface area contributed by atoms with Crippen molar-refractivity contribution >= 4 is 16.9 Å². The number of benzene rings is 2. The normalized spacial score (nSPS) is 10.4. The third kappa shape index (κ3) is 2.44. The molecule has 4 nitrogen and oxygen atoms in total. The van der Waals surface area contributed by atoms with Gasteiger partial charge in [-0.1, -0.05) is 18.2 Å². The fourth-order valence-electron chi connectivity index (χ4n) is 1.89. The van der Waals surface area contributed by atoms with Crippen LogP contribution in [-0.4, -0.2) is 16.1 Å². The lowest BCUT2D eigenvalue weighted by Crippen LogP contribution is -1.95. The van der Waals surface area contributed by atoms with E-state index >= 15 is 0 Å². The highest BCUT2D eigenvalue weighted by Crippen LogP contribution is 2.22. The van der Waals surface area contributed by atoms with E-state index in [0.29, 0.717) is 11.6 Å². The Balaban J connectivity index is 1.87. The van der Waals surface area contributed by atoms with Crippen molar-refractivity contribution in [1.29, 1.82) is 0 Å². The topological polar surface area (TPSA) is 59.4 Å². The summed E-state index contributed by atoms with van der Waals surface area (Å²) in [7, 11) is 0. The first kappa shape index (κ1) is 12.2. The standard InChI is InChI=1S/C16H11NO3/c18-16(19)12-5-8-13(9-6-12)20-15-10-7-11-3-1-2-4-14(11)17-15/h1-10H,(H,18,19). The van der Waals surface area contributed by atoms with Crippen LogP contribution in [0.25, 0.3) is 10.9 Å².